The topological polar surface area (TPSA) is 3.24 Å². The highest BCUT2D eigenvalue weighted by Crippen LogP contribution is 2.35. The Morgan fingerprint density at radius 2 is 0.893 bits per heavy atom. The minimum Gasteiger partial charge on any atom is -0.311 e. The summed E-state index contributed by atoms with van der Waals surface area (Å²) in [5, 5.41) is 0. The molecule has 0 saturated carbocycles. The first kappa shape index (κ1) is 18.1. The highest BCUT2D eigenvalue weighted by molar-refractivity contribution is 5.78. The largest absolute Gasteiger partial charge is 0.311 e. The van der Waals surface area contributed by atoms with Gasteiger partial charge in [-0.1, -0.05) is 60.7 Å². The highest BCUT2D eigenvalue weighted by atomic mass is 15.1. The second-order valence-corrected chi connectivity index (χ2v) is 7.29. The van der Waals surface area contributed by atoms with Gasteiger partial charge in [-0.25, -0.2) is 0 Å². The summed E-state index contributed by atoms with van der Waals surface area (Å²) in [7, 11) is 0. The lowest BCUT2D eigenvalue weighted by molar-refractivity contribution is 1.26. The molecule has 0 fully saturated rings. The summed E-state index contributed by atoms with van der Waals surface area (Å²) in [6, 6.07) is 34.4. The molecule has 0 atom stereocenters. The molecule has 0 aliphatic carbocycles. The molecule has 1 nitrogen and oxygen atoms in total. The summed E-state index contributed by atoms with van der Waals surface area (Å²) < 4.78 is 0. The minimum absolute atomic E-state index is 1.15. The van der Waals surface area contributed by atoms with E-state index in [1.165, 1.54) is 27.8 Å². The van der Waals surface area contributed by atoms with E-state index in [2.05, 4.69) is 123 Å². The lowest BCUT2D eigenvalue weighted by atomic mass is 9.96. The van der Waals surface area contributed by atoms with E-state index < -0.39 is 0 Å². The van der Waals surface area contributed by atoms with Crippen molar-refractivity contribution in [3.05, 3.63) is 114 Å². The lowest BCUT2D eigenvalue weighted by Gasteiger charge is -2.25. The molecule has 0 amide bonds. The van der Waals surface area contributed by atoms with Gasteiger partial charge in [0.15, 0.2) is 0 Å². The number of hydrogen-bond acceptors (Lipinski definition) is 1. The van der Waals surface area contributed by atoms with Gasteiger partial charge in [0.1, 0.15) is 0 Å². The number of anilines is 3. The van der Waals surface area contributed by atoms with Gasteiger partial charge in [-0.05, 0) is 85.0 Å². The molecule has 4 rings (SSSR count). The van der Waals surface area contributed by atoms with Gasteiger partial charge in [0.2, 0.25) is 0 Å². The Balaban J connectivity index is 1.75. The summed E-state index contributed by atoms with van der Waals surface area (Å²) in [6.07, 6.45) is 0. The van der Waals surface area contributed by atoms with Crippen molar-refractivity contribution in [2.24, 2.45) is 0 Å². The van der Waals surface area contributed by atoms with E-state index in [1.807, 2.05) is 0 Å². The van der Waals surface area contributed by atoms with E-state index in [0.717, 1.165) is 17.1 Å². The van der Waals surface area contributed by atoms with Crippen LogP contribution >= 0.6 is 0 Å². The van der Waals surface area contributed by atoms with Crippen LogP contribution in [0.4, 0.5) is 17.1 Å². The number of aryl methyl sites for hydroxylation is 2. The predicted molar refractivity (Wildman–Crippen MR) is 121 cm³/mol. The van der Waals surface area contributed by atoms with Crippen LogP contribution in [-0.2, 0) is 0 Å². The van der Waals surface area contributed by atoms with Crippen molar-refractivity contribution in [3.8, 4) is 11.1 Å². The van der Waals surface area contributed by atoms with Gasteiger partial charge in [-0.3, -0.25) is 0 Å². The lowest BCUT2D eigenvalue weighted by Crippen LogP contribution is -2.09. The Hall–Kier alpha value is -3.32. The first-order valence-corrected chi connectivity index (χ1v) is 9.72. The molecule has 0 radical (unpaired) electrons. The Bertz CT molecular complexity index is 1000. The molecule has 138 valence electrons. The molecule has 0 saturated heterocycles. The van der Waals surface area contributed by atoms with E-state index in [1.54, 1.807) is 0 Å². The first-order chi connectivity index (χ1) is 13.6. The second-order valence-electron chi connectivity index (χ2n) is 7.29. The fraction of sp³-hybridized carbons (Fsp3) is 0.111. The van der Waals surface area contributed by atoms with E-state index >= 15 is 0 Å². The van der Waals surface area contributed by atoms with E-state index in [9.17, 15) is 0 Å². The van der Waals surface area contributed by atoms with Crippen LogP contribution in [0.15, 0.2) is 97.1 Å². The number of para-hydroxylation sites is 2. The van der Waals surface area contributed by atoms with Crippen molar-refractivity contribution in [2.75, 3.05) is 4.90 Å². The molecule has 0 aliphatic heterocycles. The van der Waals surface area contributed by atoms with Gasteiger partial charge in [0.25, 0.3) is 0 Å². The average molecular weight is 364 g/mol. The normalized spacial score (nSPS) is 10.7. The van der Waals surface area contributed by atoms with E-state index in [4.69, 9.17) is 0 Å². The van der Waals surface area contributed by atoms with Gasteiger partial charge in [-0.15, -0.1) is 0 Å². The second kappa shape index (κ2) is 7.74. The highest BCUT2D eigenvalue weighted by Gasteiger charge is 2.12. The van der Waals surface area contributed by atoms with Gasteiger partial charge >= 0.3 is 0 Å². The maximum absolute atomic E-state index is 2.29. The minimum atomic E-state index is 1.15. The van der Waals surface area contributed by atoms with Crippen molar-refractivity contribution < 1.29 is 0 Å². The third-order valence-corrected chi connectivity index (χ3v) is 5.41. The Labute approximate surface area is 167 Å². The summed E-state index contributed by atoms with van der Waals surface area (Å²) in [5.41, 5.74) is 10.0. The van der Waals surface area contributed by atoms with Gasteiger partial charge in [-0.2, -0.15) is 0 Å². The molecule has 0 aliphatic rings. The Morgan fingerprint density at radius 1 is 0.464 bits per heavy atom. The first-order valence-electron chi connectivity index (χ1n) is 9.72. The van der Waals surface area contributed by atoms with Crippen molar-refractivity contribution >= 4 is 17.1 Å². The van der Waals surface area contributed by atoms with Crippen molar-refractivity contribution in [1.29, 1.82) is 0 Å². The smallest absolute Gasteiger partial charge is 0.0462 e. The Morgan fingerprint density at radius 3 is 1.36 bits per heavy atom. The maximum atomic E-state index is 2.29. The third kappa shape index (κ3) is 3.57. The van der Waals surface area contributed by atoms with E-state index in [0.29, 0.717) is 0 Å². The number of rotatable bonds is 4. The van der Waals surface area contributed by atoms with Crippen molar-refractivity contribution in [2.45, 2.75) is 20.8 Å². The summed E-state index contributed by atoms with van der Waals surface area (Å²) in [5.74, 6) is 0. The van der Waals surface area contributed by atoms with Gasteiger partial charge < -0.3 is 4.90 Å². The Kier molecular flexibility index (Phi) is 4.99. The fourth-order valence-corrected chi connectivity index (χ4v) is 3.61. The van der Waals surface area contributed by atoms with Crippen LogP contribution in [0.3, 0.4) is 0 Å². The molecular formula is C27H25N. The monoisotopic (exact) mass is 363 g/mol. The third-order valence-electron chi connectivity index (χ3n) is 5.41. The zero-order valence-electron chi connectivity index (χ0n) is 16.7. The molecule has 4 aromatic rings. The molecule has 0 spiro atoms. The van der Waals surface area contributed by atoms with Crippen LogP contribution in [0.2, 0.25) is 0 Å². The number of benzene rings is 4. The summed E-state index contributed by atoms with van der Waals surface area (Å²) >= 11 is 0. The predicted octanol–water partition coefficient (Wildman–Crippen LogP) is 7.75. The quantitative estimate of drug-likeness (QED) is 0.358. The van der Waals surface area contributed by atoms with Crippen LogP contribution in [0, 0.1) is 20.8 Å². The average Bonchev–Trinajstić information content (AvgIpc) is 2.74. The molecule has 28 heavy (non-hydrogen) atoms. The molecular weight excluding hydrogens is 338 g/mol. The van der Waals surface area contributed by atoms with E-state index in [-0.39, 0.29) is 0 Å². The number of nitrogens with zero attached hydrogens (tertiary/aromatic N) is 1. The molecule has 0 N–H and O–H groups in total. The van der Waals surface area contributed by atoms with Crippen molar-refractivity contribution in [1.82, 2.24) is 0 Å². The molecule has 4 aromatic carbocycles. The van der Waals surface area contributed by atoms with Crippen LogP contribution in [-0.4, -0.2) is 0 Å². The maximum Gasteiger partial charge on any atom is 0.0462 e. The van der Waals surface area contributed by atoms with Crippen molar-refractivity contribution in [3.63, 3.8) is 0 Å². The molecule has 0 heterocycles. The van der Waals surface area contributed by atoms with Crippen LogP contribution in [0.25, 0.3) is 11.1 Å². The molecule has 0 aromatic heterocycles. The summed E-state index contributed by atoms with van der Waals surface area (Å²) in [6.45, 7) is 6.56. The zero-order valence-corrected chi connectivity index (χ0v) is 16.7. The molecule has 1 heteroatoms. The zero-order chi connectivity index (χ0) is 19.5. The number of hydrogen-bond donors (Lipinski definition) is 0. The molecule has 0 bridgehead atoms. The van der Waals surface area contributed by atoms with Crippen LogP contribution in [0.1, 0.15) is 16.7 Å². The standard InChI is InChI=1S/C27H25N/c1-20-18-24(19-21(2)22(20)3)23-14-16-27(17-15-23)28(25-10-6-4-7-11-25)26-12-8-5-9-13-26/h4-19H,1-3H3. The van der Waals surface area contributed by atoms with Gasteiger partial charge in [0, 0.05) is 17.1 Å². The van der Waals surface area contributed by atoms with Crippen LogP contribution < -0.4 is 4.90 Å². The fourth-order valence-electron chi connectivity index (χ4n) is 3.61. The van der Waals surface area contributed by atoms with Crippen LogP contribution in [0.5, 0.6) is 0 Å². The SMILES string of the molecule is Cc1cc(-c2ccc(N(c3ccccc3)c3ccccc3)cc2)cc(C)c1C. The molecule has 0 unspecified atom stereocenters. The van der Waals surface area contributed by atoms with Gasteiger partial charge in [0.05, 0.1) is 0 Å². The summed E-state index contributed by atoms with van der Waals surface area (Å²) in [4.78, 5) is 2.29.